The van der Waals surface area contributed by atoms with Gasteiger partial charge in [-0.3, -0.25) is 4.79 Å². The molecule has 1 aliphatic heterocycles. The quantitative estimate of drug-likeness (QED) is 0.0269. The maximum Gasteiger partial charge on any atom is 0.306 e. The maximum absolute atomic E-state index is 12.8. The zero-order valence-corrected chi connectivity index (χ0v) is 38.2. The Morgan fingerprint density at radius 3 is 1.53 bits per heavy atom. The highest BCUT2D eigenvalue weighted by atomic mass is 16.7. The predicted molar refractivity (Wildman–Crippen MR) is 247 cm³/mol. The molecule has 1 aliphatic rings. The third-order valence-electron chi connectivity index (χ3n) is 10.9. The van der Waals surface area contributed by atoms with Crippen LogP contribution in [0.1, 0.15) is 194 Å². The van der Waals surface area contributed by atoms with Crippen LogP contribution in [0.2, 0.25) is 0 Å². The number of hydrogen-bond donors (Lipinski definition) is 4. The highest BCUT2D eigenvalue weighted by Gasteiger charge is 2.44. The molecule has 0 radical (unpaired) electrons. The van der Waals surface area contributed by atoms with Crippen molar-refractivity contribution < 1.29 is 44.2 Å². The summed E-state index contributed by atoms with van der Waals surface area (Å²) < 4.78 is 22.8. The van der Waals surface area contributed by atoms with Gasteiger partial charge in [0, 0.05) is 13.0 Å². The molecule has 6 unspecified atom stereocenters. The molecule has 1 fully saturated rings. The molecule has 4 N–H and O–H groups in total. The first-order valence-corrected chi connectivity index (χ1v) is 24.4. The van der Waals surface area contributed by atoms with Gasteiger partial charge in [-0.2, -0.15) is 0 Å². The number of carbonyl (C=O) groups is 1. The van der Waals surface area contributed by atoms with Crippen molar-refractivity contribution in [1.29, 1.82) is 0 Å². The van der Waals surface area contributed by atoms with Gasteiger partial charge in [0.1, 0.15) is 30.5 Å². The van der Waals surface area contributed by atoms with Gasteiger partial charge in [0.15, 0.2) is 6.29 Å². The standard InChI is InChI=1S/C51H90O9/c1-3-5-7-9-11-13-15-17-18-19-20-21-22-23-24-25-26-27-29-31-33-35-37-39-41-57-43-45(44-58-51-50(56)49(55)48(54)46(42-52)60-51)59-47(53)40-38-36-34-32-30-28-16-14-12-10-8-6-4-2/h5,7,11,13,17-18,20-21,23-24,45-46,48-52,54-56H,3-4,6,8-10,12,14-16,19,22,25-44H2,1-2H3/b7-5-,13-11-,18-17-,21-20-,24-23-. The van der Waals surface area contributed by atoms with E-state index in [9.17, 15) is 25.2 Å². The number of allylic oxidation sites excluding steroid dienone is 10. The van der Waals surface area contributed by atoms with Crippen LogP contribution in [-0.2, 0) is 23.7 Å². The monoisotopic (exact) mass is 847 g/mol. The summed E-state index contributed by atoms with van der Waals surface area (Å²) in [5.74, 6) is -0.318. The summed E-state index contributed by atoms with van der Waals surface area (Å²) in [6, 6.07) is 0. The van der Waals surface area contributed by atoms with Crippen molar-refractivity contribution in [1.82, 2.24) is 0 Å². The normalized spacial score (nSPS) is 20.5. The summed E-state index contributed by atoms with van der Waals surface area (Å²) >= 11 is 0. The average Bonchev–Trinajstić information content (AvgIpc) is 3.25. The van der Waals surface area contributed by atoms with Crippen molar-refractivity contribution in [3.05, 3.63) is 60.8 Å². The largest absolute Gasteiger partial charge is 0.457 e. The second kappa shape index (κ2) is 42.2. The first kappa shape index (κ1) is 55.9. The lowest BCUT2D eigenvalue weighted by atomic mass is 9.99. The average molecular weight is 847 g/mol. The predicted octanol–water partition coefficient (Wildman–Crippen LogP) is 11.5. The Morgan fingerprint density at radius 2 is 1.02 bits per heavy atom. The van der Waals surface area contributed by atoms with E-state index >= 15 is 0 Å². The molecule has 0 aromatic rings. The van der Waals surface area contributed by atoms with Crippen molar-refractivity contribution in [2.45, 2.75) is 230 Å². The molecule has 9 nitrogen and oxygen atoms in total. The van der Waals surface area contributed by atoms with Crippen molar-refractivity contribution in [2.24, 2.45) is 0 Å². The van der Waals surface area contributed by atoms with Gasteiger partial charge in [0.05, 0.1) is 19.8 Å². The number of aliphatic hydroxyl groups is 4. The van der Waals surface area contributed by atoms with Gasteiger partial charge in [-0.25, -0.2) is 0 Å². The molecule has 1 saturated heterocycles. The van der Waals surface area contributed by atoms with Gasteiger partial charge in [-0.15, -0.1) is 0 Å². The Balaban J connectivity index is 2.21. The smallest absolute Gasteiger partial charge is 0.306 e. The minimum absolute atomic E-state index is 0.117. The van der Waals surface area contributed by atoms with E-state index in [1.54, 1.807) is 0 Å². The molecule has 1 rings (SSSR count). The fourth-order valence-electron chi connectivity index (χ4n) is 7.17. The number of rotatable bonds is 41. The highest BCUT2D eigenvalue weighted by molar-refractivity contribution is 5.69. The van der Waals surface area contributed by atoms with E-state index in [1.807, 2.05) is 0 Å². The lowest BCUT2D eigenvalue weighted by molar-refractivity contribution is -0.305. The summed E-state index contributed by atoms with van der Waals surface area (Å²) in [5, 5.41) is 40.2. The first-order valence-electron chi connectivity index (χ1n) is 24.4. The van der Waals surface area contributed by atoms with Gasteiger partial charge in [0.2, 0.25) is 0 Å². The lowest BCUT2D eigenvalue weighted by Crippen LogP contribution is -2.59. The summed E-state index contributed by atoms with van der Waals surface area (Å²) in [6.45, 7) is 4.43. The number of ether oxygens (including phenoxy) is 4. The second-order valence-electron chi connectivity index (χ2n) is 16.5. The number of carbonyl (C=O) groups excluding carboxylic acids is 1. The van der Waals surface area contributed by atoms with Crippen molar-refractivity contribution >= 4 is 5.97 Å². The van der Waals surface area contributed by atoms with Crippen molar-refractivity contribution in [2.75, 3.05) is 26.4 Å². The van der Waals surface area contributed by atoms with Gasteiger partial charge in [0.25, 0.3) is 0 Å². The Morgan fingerprint density at radius 1 is 0.550 bits per heavy atom. The number of aliphatic hydroxyl groups excluding tert-OH is 4. The minimum Gasteiger partial charge on any atom is -0.457 e. The number of esters is 1. The fourth-order valence-corrected chi connectivity index (χ4v) is 7.17. The fraction of sp³-hybridized carbons (Fsp3) is 0.784. The van der Waals surface area contributed by atoms with Crippen molar-refractivity contribution in [3.63, 3.8) is 0 Å². The lowest BCUT2D eigenvalue weighted by Gasteiger charge is -2.39. The van der Waals surface area contributed by atoms with Crippen LogP contribution in [0, 0.1) is 0 Å². The third-order valence-corrected chi connectivity index (χ3v) is 10.9. The molecule has 60 heavy (non-hydrogen) atoms. The van der Waals surface area contributed by atoms with E-state index in [1.165, 1.54) is 96.3 Å². The van der Waals surface area contributed by atoms with Crippen LogP contribution in [0.5, 0.6) is 0 Å². The number of unbranched alkanes of at least 4 members (excludes halogenated alkanes) is 20. The Hall–Kier alpha value is -2.11. The summed E-state index contributed by atoms with van der Waals surface area (Å²) in [7, 11) is 0. The van der Waals surface area contributed by atoms with Crippen LogP contribution in [-0.4, -0.2) is 89.6 Å². The van der Waals surface area contributed by atoms with Crippen LogP contribution in [0.4, 0.5) is 0 Å². The Bertz CT molecular complexity index is 1100. The molecule has 9 heteroatoms. The van der Waals surface area contributed by atoms with Crippen LogP contribution >= 0.6 is 0 Å². The van der Waals surface area contributed by atoms with Crippen LogP contribution in [0.15, 0.2) is 60.8 Å². The number of hydrogen-bond acceptors (Lipinski definition) is 9. The van der Waals surface area contributed by atoms with Gasteiger partial charge in [-0.05, 0) is 57.8 Å². The van der Waals surface area contributed by atoms with Gasteiger partial charge in [-0.1, -0.05) is 190 Å². The summed E-state index contributed by atoms with van der Waals surface area (Å²) in [5.41, 5.74) is 0. The topological polar surface area (TPSA) is 135 Å². The van der Waals surface area contributed by atoms with Gasteiger partial charge >= 0.3 is 5.97 Å². The van der Waals surface area contributed by atoms with E-state index in [0.29, 0.717) is 13.0 Å². The van der Waals surface area contributed by atoms with Crippen LogP contribution < -0.4 is 0 Å². The second-order valence-corrected chi connectivity index (χ2v) is 16.5. The molecule has 0 aliphatic carbocycles. The molecule has 0 bridgehead atoms. The maximum atomic E-state index is 12.8. The zero-order valence-electron chi connectivity index (χ0n) is 38.2. The summed E-state index contributed by atoms with van der Waals surface area (Å²) in [4.78, 5) is 12.8. The molecular formula is C51H90O9. The molecule has 0 spiro atoms. The van der Waals surface area contributed by atoms with Crippen molar-refractivity contribution in [3.8, 4) is 0 Å². The first-order chi connectivity index (χ1) is 29.4. The molecule has 0 aromatic carbocycles. The molecule has 6 atom stereocenters. The zero-order chi connectivity index (χ0) is 43.6. The van der Waals surface area contributed by atoms with Gasteiger partial charge < -0.3 is 39.4 Å². The van der Waals surface area contributed by atoms with E-state index < -0.39 is 43.4 Å². The molecule has 1 heterocycles. The van der Waals surface area contributed by atoms with E-state index in [0.717, 1.165) is 77.0 Å². The van der Waals surface area contributed by atoms with Crippen LogP contribution in [0.25, 0.3) is 0 Å². The van der Waals surface area contributed by atoms with E-state index in [2.05, 4.69) is 74.6 Å². The molecule has 0 aromatic heterocycles. The minimum atomic E-state index is -1.54. The Kier molecular flexibility index (Phi) is 39.3. The molecule has 348 valence electrons. The molecule has 0 saturated carbocycles. The SMILES string of the molecule is CC/C=C\C/C=C\C/C=C\C/C=C\C/C=C\CCCCCCCCCCOCC(COC1OC(CO)C(O)C(O)C1O)OC(=O)CCCCCCCCCCCCCCC. The molecule has 0 amide bonds. The van der Waals surface area contributed by atoms with Crippen LogP contribution in [0.3, 0.4) is 0 Å². The Labute approximate surface area is 366 Å². The van der Waals surface area contributed by atoms with E-state index in [-0.39, 0.29) is 19.2 Å². The van der Waals surface area contributed by atoms with E-state index in [4.69, 9.17) is 18.9 Å². The third kappa shape index (κ3) is 32.6. The highest BCUT2D eigenvalue weighted by Crippen LogP contribution is 2.23. The summed E-state index contributed by atoms with van der Waals surface area (Å²) in [6.07, 6.45) is 46.8. The molecular weight excluding hydrogens is 757 g/mol.